The molecule has 0 aliphatic heterocycles. The van der Waals surface area contributed by atoms with Crippen LogP contribution in [0.3, 0.4) is 0 Å². The van der Waals surface area contributed by atoms with Gasteiger partial charge < -0.3 is 9.94 Å². The molecule has 0 radical (unpaired) electrons. The van der Waals surface area contributed by atoms with Crippen LogP contribution >= 0.6 is 11.6 Å². The van der Waals surface area contributed by atoms with Gasteiger partial charge in [0.15, 0.2) is 0 Å². The van der Waals surface area contributed by atoms with E-state index in [1.165, 1.54) is 19.2 Å². The molecule has 0 N–H and O–H groups in total. The molecular weight excluding hydrogens is 254 g/mol. The predicted molar refractivity (Wildman–Crippen MR) is 67.2 cm³/mol. The summed E-state index contributed by atoms with van der Waals surface area (Å²) in [7, 11) is 1.26. The first-order valence-corrected chi connectivity index (χ1v) is 5.58. The molecule has 2 rings (SSSR count). The minimum atomic E-state index is -0.574. The van der Waals surface area contributed by atoms with Gasteiger partial charge in [-0.05, 0) is 29.8 Å². The fraction of sp³-hybridized carbons (Fsp3) is 0.0769. The molecule has 0 fully saturated rings. The lowest BCUT2D eigenvalue weighted by molar-refractivity contribution is -0.591. The van der Waals surface area contributed by atoms with Gasteiger partial charge in [0.2, 0.25) is 5.69 Å². The third-order valence-electron chi connectivity index (χ3n) is 2.49. The Morgan fingerprint density at radius 1 is 1.22 bits per heavy atom. The second-order valence-corrected chi connectivity index (χ2v) is 3.96. The smallest absolute Gasteiger partial charge is 0.344 e. The van der Waals surface area contributed by atoms with Crippen LogP contribution < -0.4 is 4.73 Å². The van der Waals surface area contributed by atoms with Gasteiger partial charge in [-0.2, -0.15) is 4.73 Å². The maximum atomic E-state index is 12.0. The van der Waals surface area contributed by atoms with Crippen LogP contribution in [0.1, 0.15) is 10.4 Å². The van der Waals surface area contributed by atoms with Crippen molar-refractivity contribution in [3.63, 3.8) is 0 Å². The monoisotopic (exact) mass is 263 g/mol. The van der Waals surface area contributed by atoms with Crippen molar-refractivity contribution < 1.29 is 14.3 Å². The molecule has 4 nitrogen and oxygen atoms in total. The number of esters is 1. The molecule has 18 heavy (non-hydrogen) atoms. The number of benzene rings is 1. The highest BCUT2D eigenvalue weighted by Crippen LogP contribution is 2.22. The van der Waals surface area contributed by atoms with Crippen molar-refractivity contribution in [1.29, 1.82) is 0 Å². The van der Waals surface area contributed by atoms with Gasteiger partial charge in [0.25, 0.3) is 5.15 Å². The summed E-state index contributed by atoms with van der Waals surface area (Å²) in [6.45, 7) is 0. The van der Waals surface area contributed by atoms with E-state index in [4.69, 9.17) is 11.6 Å². The van der Waals surface area contributed by atoms with E-state index in [9.17, 15) is 10.0 Å². The summed E-state index contributed by atoms with van der Waals surface area (Å²) in [5.74, 6) is -0.574. The molecule has 1 heterocycles. The zero-order chi connectivity index (χ0) is 13.1. The number of hydrogen-bond donors (Lipinski definition) is 0. The van der Waals surface area contributed by atoms with Gasteiger partial charge in [0.05, 0.1) is 7.11 Å². The Kier molecular flexibility index (Phi) is 3.48. The SMILES string of the molecule is COC(=O)c1ccc(Cl)[n+]([O-])c1-c1ccccc1. The molecule has 0 bridgehead atoms. The van der Waals surface area contributed by atoms with Crippen LogP contribution in [0.5, 0.6) is 0 Å². The number of carbonyl (C=O) groups is 1. The average molecular weight is 264 g/mol. The second-order valence-electron chi connectivity index (χ2n) is 3.57. The van der Waals surface area contributed by atoms with Gasteiger partial charge in [-0.3, -0.25) is 0 Å². The van der Waals surface area contributed by atoms with Gasteiger partial charge in [-0.15, -0.1) is 0 Å². The van der Waals surface area contributed by atoms with Gasteiger partial charge in [-0.25, -0.2) is 4.79 Å². The highest BCUT2D eigenvalue weighted by Gasteiger charge is 2.23. The van der Waals surface area contributed by atoms with Gasteiger partial charge in [0.1, 0.15) is 5.56 Å². The van der Waals surface area contributed by atoms with Crippen molar-refractivity contribution in [2.75, 3.05) is 7.11 Å². The Morgan fingerprint density at radius 2 is 1.89 bits per heavy atom. The summed E-state index contributed by atoms with van der Waals surface area (Å²) in [6, 6.07) is 11.7. The highest BCUT2D eigenvalue weighted by atomic mass is 35.5. The van der Waals surface area contributed by atoms with E-state index in [1.54, 1.807) is 24.3 Å². The van der Waals surface area contributed by atoms with Crippen LogP contribution in [0, 0.1) is 5.21 Å². The van der Waals surface area contributed by atoms with Crippen LogP contribution in [0.2, 0.25) is 5.15 Å². The van der Waals surface area contributed by atoms with Gasteiger partial charge in [0, 0.05) is 11.6 Å². The Labute approximate surface area is 109 Å². The summed E-state index contributed by atoms with van der Waals surface area (Å²) in [4.78, 5) is 11.7. The molecule has 0 saturated carbocycles. The molecule has 2 aromatic rings. The number of carbonyl (C=O) groups excluding carboxylic acids is 1. The molecule has 0 amide bonds. The van der Waals surface area contributed by atoms with Gasteiger partial charge in [-0.1, -0.05) is 18.2 Å². The molecule has 0 saturated heterocycles. The van der Waals surface area contributed by atoms with Crippen molar-refractivity contribution >= 4 is 17.6 Å². The summed E-state index contributed by atoms with van der Waals surface area (Å²) in [6.07, 6.45) is 0. The maximum absolute atomic E-state index is 12.0. The first-order valence-electron chi connectivity index (χ1n) is 5.21. The lowest BCUT2D eigenvalue weighted by Gasteiger charge is -2.09. The number of halogens is 1. The minimum Gasteiger partial charge on any atom is -0.617 e. The molecule has 1 aromatic heterocycles. The molecule has 5 heteroatoms. The Hall–Kier alpha value is -2.07. The topological polar surface area (TPSA) is 53.2 Å². The maximum Gasteiger partial charge on any atom is 0.344 e. The van der Waals surface area contributed by atoms with Crippen LogP contribution in [0.4, 0.5) is 0 Å². The normalized spacial score (nSPS) is 10.1. The summed E-state index contributed by atoms with van der Waals surface area (Å²) in [5.41, 5.74) is 0.980. The van der Waals surface area contributed by atoms with Crippen molar-refractivity contribution in [3.05, 3.63) is 58.4 Å². The number of rotatable bonds is 2. The summed E-state index contributed by atoms with van der Waals surface area (Å²) < 4.78 is 5.18. The zero-order valence-corrected chi connectivity index (χ0v) is 10.3. The third kappa shape index (κ3) is 2.15. The Balaban J connectivity index is 2.70. The van der Waals surface area contributed by atoms with Crippen LogP contribution in [0.25, 0.3) is 11.3 Å². The largest absolute Gasteiger partial charge is 0.617 e. The van der Waals surface area contributed by atoms with E-state index >= 15 is 0 Å². The number of pyridine rings is 1. The molecule has 1 aromatic carbocycles. The van der Waals surface area contributed by atoms with E-state index in [-0.39, 0.29) is 16.4 Å². The van der Waals surface area contributed by atoms with E-state index in [0.29, 0.717) is 10.3 Å². The molecule has 92 valence electrons. The standard InChI is InChI=1S/C13H10ClNO3/c1-18-13(16)10-7-8-11(14)15(17)12(10)9-5-3-2-4-6-9/h2-8H,1H3. The zero-order valence-electron chi connectivity index (χ0n) is 9.59. The fourth-order valence-electron chi connectivity index (χ4n) is 1.66. The molecular formula is C13H10ClNO3. The Bertz CT molecular complexity index is 584. The van der Waals surface area contributed by atoms with Gasteiger partial charge >= 0.3 is 5.97 Å². The number of hydrogen-bond acceptors (Lipinski definition) is 3. The number of nitrogens with zero attached hydrogens (tertiary/aromatic N) is 1. The van der Waals surface area contributed by atoms with Crippen molar-refractivity contribution in [2.24, 2.45) is 0 Å². The first kappa shape index (κ1) is 12.4. The Morgan fingerprint density at radius 3 is 2.50 bits per heavy atom. The number of ether oxygens (including phenoxy) is 1. The van der Waals surface area contributed by atoms with Crippen molar-refractivity contribution in [1.82, 2.24) is 0 Å². The highest BCUT2D eigenvalue weighted by molar-refractivity contribution is 6.28. The first-order chi connectivity index (χ1) is 8.65. The second kappa shape index (κ2) is 5.06. The third-order valence-corrected chi connectivity index (χ3v) is 2.77. The average Bonchev–Trinajstić information content (AvgIpc) is 2.41. The number of methoxy groups -OCH3 is 1. The van der Waals surface area contributed by atoms with Crippen LogP contribution in [-0.2, 0) is 4.74 Å². The summed E-state index contributed by atoms with van der Waals surface area (Å²) >= 11 is 5.78. The lowest BCUT2D eigenvalue weighted by atomic mass is 10.1. The lowest BCUT2D eigenvalue weighted by Crippen LogP contribution is -2.33. The quantitative estimate of drug-likeness (QED) is 0.362. The molecule has 0 spiro atoms. The van der Waals surface area contributed by atoms with E-state index in [2.05, 4.69) is 4.74 Å². The molecule has 0 unspecified atom stereocenters. The summed E-state index contributed by atoms with van der Waals surface area (Å²) in [5, 5.41) is 12.0. The molecule has 0 atom stereocenters. The van der Waals surface area contributed by atoms with Crippen LogP contribution in [0.15, 0.2) is 42.5 Å². The molecule has 0 aliphatic carbocycles. The van der Waals surface area contributed by atoms with Crippen molar-refractivity contribution in [3.8, 4) is 11.3 Å². The van der Waals surface area contributed by atoms with E-state index in [1.807, 2.05) is 6.07 Å². The predicted octanol–water partition coefficient (Wildman–Crippen LogP) is 2.43. The van der Waals surface area contributed by atoms with E-state index < -0.39 is 5.97 Å². The fourth-order valence-corrected chi connectivity index (χ4v) is 1.81. The van der Waals surface area contributed by atoms with Crippen molar-refractivity contribution in [2.45, 2.75) is 0 Å². The molecule has 0 aliphatic rings. The number of aromatic nitrogens is 1. The minimum absolute atomic E-state index is 0.00139. The van der Waals surface area contributed by atoms with Crippen LogP contribution in [-0.4, -0.2) is 13.1 Å². The van der Waals surface area contributed by atoms with E-state index in [0.717, 1.165) is 0 Å².